The zero-order valence-electron chi connectivity index (χ0n) is 15.9. The van der Waals surface area contributed by atoms with Crippen molar-refractivity contribution in [2.45, 2.75) is 27.1 Å². The van der Waals surface area contributed by atoms with Crippen molar-refractivity contribution in [2.75, 3.05) is 6.79 Å². The van der Waals surface area contributed by atoms with E-state index in [0.717, 1.165) is 11.3 Å². The molecule has 3 aromatic rings. The standard InChI is InChI=1S/C21H18ClNO6/c1-12-17(13(2)29-23-12)10-25-16-5-3-4-15(8-16)21(24)26-9-14-6-18(22)20-19(7-14)27-11-28-20/h3-8H,9-11H2,1-2H3. The van der Waals surface area contributed by atoms with E-state index in [0.29, 0.717) is 45.8 Å². The number of aryl methyl sites for hydroxylation is 2. The molecule has 29 heavy (non-hydrogen) atoms. The first-order chi connectivity index (χ1) is 14.0. The molecule has 0 spiro atoms. The Morgan fingerprint density at radius 2 is 2.03 bits per heavy atom. The van der Waals surface area contributed by atoms with Crippen LogP contribution in [0.25, 0.3) is 0 Å². The summed E-state index contributed by atoms with van der Waals surface area (Å²) in [5, 5.41) is 4.32. The number of hydrogen-bond donors (Lipinski definition) is 0. The smallest absolute Gasteiger partial charge is 0.338 e. The zero-order valence-corrected chi connectivity index (χ0v) is 16.6. The van der Waals surface area contributed by atoms with Crippen LogP contribution in [-0.4, -0.2) is 17.9 Å². The largest absolute Gasteiger partial charge is 0.489 e. The summed E-state index contributed by atoms with van der Waals surface area (Å²) in [6.07, 6.45) is 0. The Morgan fingerprint density at radius 3 is 2.83 bits per heavy atom. The number of esters is 1. The van der Waals surface area contributed by atoms with Gasteiger partial charge in [-0.05, 0) is 49.7 Å². The van der Waals surface area contributed by atoms with Gasteiger partial charge in [0.05, 0.1) is 21.8 Å². The molecule has 0 bridgehead atoms. The summed E-state index contributed by atoms with van der Waals surface area (Å²) in [4.78, 5) is 12.4. The fourth-order valence-corrected chi connectivity index (χ4v) is 3.20. The highest BCUT2D eigenvalue weighted by Gasteiger charge is 2.19. The van der Waals surface area contributed by atoms with Crippen LogP contribution in [0.4, 0.5) is 0 Å². The molecule has 2 aromatic carbocycles. The van der Waals surface area contributed by atoms with Gasteiger partial charge < -0.3 is 23.5 Å². The summed E-state index contributed by atoms with van der Waals surface area (Å²) in [5.74, 6) is 1.83. The maximum absolute atomic E-state index is 12.4. The van der Waals surface area contributed by atoms with Crippen molar-refractivity contribution in [3.05, 3.63) is 69.6 Å². The third kappa shape index (κ3) is 4.14. The van der Waals surface area contributed by atoms with Gasteiger partial charge in [-0.2, -0.15) is 0 Å². The van der Waals surface area contributed by atoms with Crippen LogP contribution < -0.4 is 14.2 Å². The molecule has 1 aliphatic heterocycles. The Bertz CT molecular complexity index is 1040. The van der Waals surface area contributed by atoms with Crippen molar-refractivity contribution in [1.29, 1.82) is 0 Å². The van der Waals surface area contributed by atoms with Gasteiger partial charge in [0.15, 0.2) is 11.5 Å². The SMILES string of the molecule is Cc1noc(C)c1COc1cccc(C(=O)OCc2cc(Cl)c3c(c2)OCO3)c1. The second-order valence-electron chi connectivity index (χ2n) is 6.51. The number of hydrogen-bond acceptors (Lipinski definition) is 7. The van der Waals surface area contributed by atoms with E-state index in [-0.39, 0.29) is 13.4 Å². The number of carbonyl (C=O) groups excluding carboxylic acids is 1. The second kappa shape index (κ2) is 8.05. The fourth-order valence-electron chi connectivity index (χ4n) is 2.91. The quantitative estimate of drug-likeness (QED) is 0.544. The Kier molecular flexibility index (Phi) is 5.31. The lowest BCUT2D eigenvalue weighted by Gasteiger charge is -2.09. The van der Waals surface area contributed by atoms with E-state index in [4.69, 9.17) is 35.1 Å². The molecular weight excluding hydrogens is 398 g/mol. The van der Waals surface area contributed by atoms with Crippen molar-refractivity contribution in [2.24, 2.45) is 0 Å². The van der Waals surface area contributed by atoms with E-state index in [9.17, 15) is 4.79 Å². The van der Waals surface area contributed by atoms with Crippen LogP contribution in [0.2, 0.25) is 5.02 Å². The number of nitrogens with zero attached hydrogens (tertiary/aromatic N) is 1. The minimum atomic E-state index is -0.471. The van der Waals surface area contributed by atoms with Crippen molar-refractivity contribution in [3.8, 4) is 17.2 Å². The van der Waals surface area contributed by atoms with E-state index >= 15 is 0 Å². The first kappa shape index (κ1) is 19.1. The van der Waals surface area contributed by atoms with E-state index in [2.05, 4.69) is 5.16 Å². The third-order valence-corrected chi connectivity index (χ3v) is 4.77. The van der Waals surface area contributed by atoms with Crippen LogP contribution >= 0.6 is 11.6 Å². The highest BCUT2D eigenvalue weighted by Crippen LogP contribution is 2.40. The van der Waals surface area contributed by atoms with Crippen LogP contribution in [-0.2, 0) is 18.0 Å². The van der Waals surface area contributed by atoms with Gasteiger partial charge in [0.25, 0.3) is 0 Å². The molecule has 0 aliphatic carbocycles. The predicted molar refractivity (Wildman–Crippen MR) is 103 cm³/mol. The molecule has 7 nitrogen and oxygen atoms in total. The van der Waals surface area contributed by atoms with Crippen LogP contribution in [0.1, 0.15) is 32.9 Å². The van der Waals surface area contributed by atoms with E-state index in [1.165, 1.54) is 0 Å². The first-order valence-corrected chi connectivity index (χ1v) is 9.29. The summed E-state index contributed by atoms with van der Waals surface area (Å²) < 4.78 is 26.9. The average molecular weight is 416 g/mol. The monoisotopic (exact) mass is 415 g/mol. The molecule has 0 fully saturated rings. The normalized spacial score (nSPS) is 12.1. The lowest BCUT2D eigenvalue weighted by atomic mass is 10.2. The van der Waals surface area contributed by atoms with Gasteiger partial charge in [-0.1, -0.05) is 22.8 Å². The van der Waals surface area contributed by atoms with E-state index in [1.807, 2.05) is 13.8 Å². The predicted octanol–water partition coefficient (Wildman–Crippen LogP) is 4.61. The minimum Gasteiger partial charge on any atom is -0.489 e. The number of benzene rings is 2. The Hall–Kier alpha value is -3.19. The molecule has 2 heterocycles. The fraction of sp³-hybridized carbons (Fsp3) is 0.238. The molecule has 0 saturated carbocycles. The molecule has 0 unspecified atom stereocenters. The molecule has 0 atom stereocenters. The van der Waals surface area contributed by atoms with Gasteiger partial charge in [0.1, 0.15) is 24.7 Å². The molecular formula is C21H18ClNO6. The second-order valence-corrected chi connectivity index (χ2v) is 6.91. The highest BCUT2D eigenvalue weighted by molar-refractivity contribution is 6.32. The van der Waals surface area contributed by atoms with Gasteiger partial charge in [-0.3, -0.25) is 0 Å². The molecule has 150 valence electrons. The third-order valence-electron chi connectivity index (χ3n) is 4.49. The number of ether oxygens (including phenoxy) is 4. The van der Waals surface area contributed by atoms with E-state index < -0.39 is 5.97 Å². The van der Waals surface area contributed by atoms with Crippen molar-refractivity contribution in [1.82, 2.24) is 5.16 Å². The maximum Gasteiger partial charge on any atom is 0.338 e. The highest BCUT2D eigenvalue weighted by atomic mass is 35.5. The van der Waals surface area contributed by atoms with Gasteiger partial charge in [-0.15, -0.1) is 0 Å². The number of fused-ring (bicyclic) bond motifs is 1. The molecule has 0 N–H and O–H groups in total. The van der Waals surface area contributed by atoms with Crippen molar-refractivity contribution in [3.63, 3.8) is 0 Å². The average Bonchev–Trinajstić information content (AvgIpc) is 3.32. The van der Waals surface area contributed by atoms with Crippen LogP contribution in [0.5, 0.6) is 17.2 Å². The van der Waals surface area contributed by atoms with Gasteiger partial charge in [-0.25, -0.2) is 4.79 Å². The van der Waals surface area contributed by atoms with Crippen LogP contribution in [0, 0.1) is 13.8 Å². The molecule has 0 amide bonds. The Labute approximate surface area is 172 Å². The van der Waals surface area contributed by atoms with E-state index in [1.54, 1.807) is 36.4 Å². The van der Waals surface area contributed by atoms with Gasteiger partial charge >= 0.3 is 5.97 Å². The van der Waals surface area contributed by atoms with Gasteiger partial charge in [0.2, 0.25) is 6.79 Å². The lowest BCUT2D eigenvalue weighted by molar-refractivity contribution is 0.0472. The summed E-state index contributed by atoms with van der Waals surface area (Å²) in [6, 6.07) is 10.2. The first-order valence-electron chi connectivity index (χ1n) is 8.91. The number of carbonyl (C=O) groups is 1. The molecule has 0 radical (unpaired) electrons. The van der Waals surface area contributed by atoms with Crippen LogP contribution in [0.15, 0.2) is 40.9 Å². The summed E-state index contributed by atoms with van der Waals surface area (Å²) in [5.41, 5.74) is 2.75. The summed E-state index contributed by atoms with van der Waals surface area (Å²) >= 11 is 6.15. The Morgan fingerprint density at radius 1 is 1.17 bits per heavy atom. The molecule has 4 rings (SSSR count). The number of halogens is 1. The molecule has 8 heteroatoms. The maximum atomic E-state index is 12.4. The van der Waals surface area contributed by atoms with Crippen LogP contribution in [0.3, 0.4) is 0 Å². The molecule has 0 saturated heterocycles. The molecule has 1 aliphatic rings. The summed E-state index contributed by atoms with van der Waals surface area (Å²) in [6.45, 7) is 4.16. The number of aromatic nitrogens is 1. The number of rotatable bonds is 6. The van der Waals surface area contributed by atoms with Crippen molar-refractivity contribution < 1.29 is 28.3 Å². The summed E-state index contributed by atoms with van der Waals surface area (Å²) in [7, 11) is 0. The Balaban J connectivity index is 1.39. The van der Waals surface area contributed by atoms with Crippen molar-refractivity contribution >= 4 is 17.6 Å². The van der Waals surface area contributed by atoms with Gasteiger partial charge in [0, 0.05) is 0 Å². The topological polar surface area (TPSA) is 80.0 Å². The minimum absolute atomic E-state index is 0.0549. The zero-order chi connectivity index (χ0) is 20.4. The molecule has 1 aromatic heterocycles. The lowest BCUT2D eigenvalue weighted by Crippen LogP contribution is -2.06.